The number of carbonyl (C=O) groups excluding carboxylic acids is 1. The standard InChI is InChI=1S/C26H24N2O2/c1-3-18(2)20-13-14-24-23(17-20)28-26(30-24)21-10-7-11-22(16-21)27-25(29)15-12-19-8-5-4-6-9-19/h4-18H,3H2,1-2H3,(H,27,29). The summed E-state index contributed by atoms with van der Waals surface area (Å²) in [6, 6.07) is 23.4. The summed E-state index contributed by atoms with van der Waals surface area (Å²) in [5.41, 5.74) is 5.36. The molecule has 1 heterocycles. The molecular formula is C26H24N2O2. The number of amides is 1. The molecule has 1 N–H and O–H groups in total. The van der Waals surface area contributed by atoms with Gasteiger partial charge in [0.25, 0.3) is 0 Å². The lowest BCUT2D eigenvalue weighted by molar-refractivity contribution is -0.111. The van der Waals surface area contributed by atoms with E-state index in [1.807, 2.05) is 60.7 Å². The van der Waals surface area contributed by atoms with Crippen LogP contribution >= 0.6 is 0 Å². The molecule has 4 nitrogen and oxygen atoms in total. The zero-order valence-electron chi connectivity index (χ0n) is 17.1. The number of hydrogen-bond acceptors (Lipinski definition) is 3. The number of rotatable bonds is 6. The van der Waals surface area contributed by atoms with Crippen LogP contribution in [0.15, 0.2) is 83.3 Å². The van der Waals surface area contributed by atoms with Gasteiger partial charge in [0.05, 0.1) is 0 Å². The maximum atomic E-state index is 12.3. The summed E-state index contributed by atoms with van der Waals surface area (Å²) in [6.45, 7) is 4.39. The van der Waals surface area contributed by atoms with Crippen LogP contribution in [0, 0.1) is 0 Å². The van der Waals surface area contributed by atoms with Crippen molar-refractivity contribution in [2.75, 3.05) is 5.32 Å². The Hall–Kier alpha value is -3.66. The van der Waals surface area contributed by atoms with Crippen LogP contribution in [-0.4, -0.2) is 10.9 Å². The minimum Gasteiger partial charge on any atom is -0.436 e. The molecule has 0 saturated heterocycles. The summed E-state index contributed by atoms with van der Waals surface area (Å²) in [7, 11) is 0. The predicted molar refractivity (Wildman–Crippen MR) is 122 cm³/mol. The van der Waals surface area contributed by atoms with Gasteiger partial charge in [-0.1, -0.05) is 56.3 Å². The molecule has 0 fully saturated rings. The Balaban J connectivity index is 1.53. The molecule has 1 unspecified atom stereocenters. The maximum Gasteiger partial charge on any atom is 0.248 e. The van der Waals surface area contributed by atoms with Crippen LogP contribution < -0.4 is 5.32 Å². The summed E-state index contributed by atoms with van der Waals surface area (Å²) >= 11 is 0. The van der Waals surface area contributed by atoms with Crippen molar-refractivity contribution in [2.24, 2.45) is 0 Å². The van der Waals surface area contributed by atoms with Crippen LogP contribution in [0.5, 0.6) is 0 Å². The molecule has 150 valence electrons. The molecule has 1 aromatic heterocycles. The van der Waals surface area contributed by atoms with Crippen molar-refractivity contribution in [1.29, 1.82) is 0 Å². The number of fused-ring (bicyclic) bond motifs is 1. The van der Waals surface area contributed by atoms with Gasteiger partial charge in [0.15, 0.2) is 5.58 Å². The van der Waals surface area contributed by atoms with E-state index in [-0.39, 0.29) is 5.91 Å². The number of nitrogens with one attached hydrogen (secondary N) is 1. The van der Waals surface area contributed by atoms with Gasteiger partial charge in [0.1, 0.15) is 5.52 Å². The van der Waals surface area contributed by atoms with E-state index < -0.39 is 0 Å². The minimum absolute atomic E-state index is 0.188. The van der Waals surface area contributed by atoms with Crippen LogP contribution in [0.3, 0.4) is 0 Å². The Morgan fingerprint density at radius 3 is 2.70 bits per heavy atom. The van der Waals surface area contributed by atoms with Gasteiger partial charge >= 0.3 is 0 Å². The Morgan fingerprint density at radius 1 is 1.07 bits per heavy atom. The molecule has 0 spiro atoms. The van der Waals surface area contributed by atoms with Gasteiger partial charge in [0.2, 0.25) is 11.8 Å². The van der Waals surface area contributed by atoms with Crippen LogP contribution in [0.2, 0.25) is 0 Å². The quantitative estimate of drug-likeness (QED) is 0.371. The van der Waals surface area contributed by atoms with Crippen LogP contribution in [0.4, 0.5) is 5.69 Å². The molecule has 0 saturated carbocycles. The summed E-state index contributed by atoms with van der Waals surface area (Å²) in [6.07, 6.45) is 4.39. The number of oxazole rings is 1. The number of carbonyl (C=O) groups is 1. The molecule has 0 aliphatic heterocycles. The summed E-state index contributed by atoms with van der Waals surface area (Å²) < 4.78 is 5.95. The molecule has 0 radical (unpaired) electrons. The molecule has 4 rings (SSSR count). The van der Waals surface area contributed by atoms with Crippen LogP contribution in [0.25, 0.3) is 28.6 Å². The fourth-order valence-electron chi connectivity index (χ4n) is 3.26. The highest BCUT2D eigenvalue weighted by Crippen LogP contribution is 2.29. The average molecular weight is 396 g/mol. The van der Waals surface area contributed by atoms with E-state index in [1.165, 1.54) is 11.6 Å². The minimum atomic E-state index is -0.188. The van der Waals surface area contributed by atoms with E-state index >= 15 is 0 Å². The molecule has 0 aliphatic carbocycles. The fraction of sp³-hybridized carbons (Fsp3) is 0.154. The van der Waals surface area contributed by atoms with Crippen molar-refractivity contribution in [3.8, 4) is 11.5 Å². The highest BCUT2D eigenvalue weighted by Gasteiger charge is 2.11. The Labute approximate surface area is 176 Å². The van der Waals surface area contributed by atoms with E-state index in [9.17, 15) is 4.79 Å². The van der Waals surface area contributed by atoms with Gasteiger partial charge in [-0.2, -0.15) is 0 Å². The first-order valence-corrected chi connectivity index (χ1v) is 10.2. The summed E-state index contributed by atoms with van der Waals surface area (Å²) in [5.74, 6) is 0.839. The van der Waals surface area contributed by atoms with E-state index in [2.05, 4.69) is 36.3 Å². The van der Waals surface area contributed by atoms with Gasteiger partial charge < -0.3 is 9.73 Å². The number of aromatic nitrogens is 1. The molecule has 1 amide bonds. The van der Waals surface area contributed by atoms with Crippen molar-refractivity contribution in [3.05, 3.63) is 90.0 Å². The molecule has 4 heteroatoms. The molecule has 3 aromatic carbocycles. The van der Waals surface area contributed by atoms with Crippen molar-refractivity contribution in [3.63, 3.8) is 0 Å². The topological polar surface area (TPSA) is 55.1 Å². The SMILES string of the molecule is CCC(C)c1ccc2oc(-c3cccc(NC(=O)C=Cc4ccccc4)c3)nc2c1. The second-order valence-corrected chi connectivity index (χ2v) is 7.37. The van der Waals surface area contributed by atoms with Crippen molar-refractivity contribution in [2.45, 2.75) is 26.2 Å². The molecular weight excluding hydrogens is 372 g/mol. The lowest BCUT2D eigenvalue weighted by Crippen LogP contribution is -2.07. The number of nitrogens with zero attached hydrogens (tertiary/aromatic N) is 1. The third kappa shape index (κ3) is 4.49. The van der Waals surface area contributed by atoms with Crippen LogP contribution in [-0.2, 0) is 4.79 Å². The number of hydrogen-bond donors (Lipinski definition) is 1. The molecule has 30 heavy (non-hydrogen) atoms. The lowest BCUT2D eigenvalue weighted by Gasteiger charge is -2.07. The van der Waals surface area contributed by atoms with E-state index in [4.69, 9.17) is 4.42 Å². The third-order valence-corrected chi connectivity index (χ3v) is 5.20. The average Bonchev–Trinajstić information content (AvgIpc) is 3.21. The first-order valence-electron chi connectivity index (χ1n) is 10.2. The Morgan fingerprint density at radius 2 is 1.90 bits per heavy atom. The zero-order valence-corrected chi connectivity index (χ0v) is 17.1. The van der Waals surface area contributed by atoms with Crippen molar-refractivity contribution >= 4 is 28.8 Å². The first-order chi connectivity index (χ1) is 14.6. The van der Waals surface area contributed by atoms with Gasteiger partial charge in [-0.25, -0.2) is 4.98 Å². The van der Waals surface area contributed by atoms with Gasteiger partial charge in [-0.3, -0.25) is 4.79 Å². The largest absolute Gasteiger partial charge is 0.436 e. The predicted octanol–water partition coefficient (Wildman–Crippen LogP) is 6.66. The maximum absolute atomic E-state index is 12.3. The molecule has 0 bridgehead atoms. The fourth-order valence-corrected chi connectivity index (χ4v) is 3.26. The summed E-state index contributed by atoms with van der Waals surface area (Å²) in [5, 5.41) is 2.89. The third-order valence-electron chi connectivity index (χ3n) is 5.20. The zero-order chi connectivity index (χ0) is 20.9. The normalized spacial score (nSPS) is 12.3. The molecule has 0 aliphatic rings. The van der Waals surface area contributed by atoms with Gasteiger partial charge in [-0.15, -0.1) is 0 Å². The van der Waals surface area contributed by atoms with E-state index in [1.54, 1.807) is 6.08 Å². The second kappa shape index (κ2) is 8.78. The van der Waals surface area contributed by atoms with Crippen molar-refractivity contribution < 1.29 is 9.21 Å². The highest BCUT2D eigenvalue weighted by atomic mass is 16.3. The monoisotopic (exact) mass is 396 g/mol. The number of benzene rings is 3. The van der Waals surface area contributed by atoms with E-state index in [0.29, 0.717) is 17.5 Å². The first kappa shape index (κ1) is 19.6. The molecule has 1 atom stereocenters. The second-order valence-electron chi connectivity index (χ2n) is 7.37. The lowest BCUT2D eigenvalue weighted by atomic mass is 9.98. The molecule has 4 aromatic rings. The van der Waals surface area contributed by atoms with E-state index in [0.717, 1.165) is 28.6 Å². The smallest absolute Gasteiger partial charge is 0.248 e. The van der Waals surface area contributed by atoms with Crippen molar-refractivity contribution in [1.82, 2.24) is 4.98 Å². The number of anilines is 1. The Bertz CT molecular complexity index is 1190. The Kier molecular flexibility index (Phi) is 5.75. The highest BCUT2D eigenvalue weighted by molar-refractivity contribution is 6.02. The van der Waals surface area contributed by atoms with Gasteiger partial charge in [0, 0.05) is 17.3 Å². The van der Waals surface area contributed by atoms with Gasteiger partial charge in [-0.05, 0) is 59.9 Å². The summed E-state index contributed by atoms with van der Waals surface area (Å²) in [4.78, 5) is 16.9. The van der Waals surface area contributed by atoms with Crippen LogP contribution in [0.1, 0.15) is 37.3 Å².